The fourth-order valence-electron chi connectivity index (χ4n) is 1.50. The number of halogens is 4. The zero-order chi connectivity index (χ0) is 15.5. The summed E-state index contributed by atoms with van der Waals surface area (Å²) in [6.45, 7) is 1.76. The van der Waals surface area contributed by atoms with Crippen molar-refractivity contribution in [2.45, 2.75) is 25.6 Å². The minimum atomic E-state index is -4.54. The molecule has 0 saturated carbocycles. The Balaban J connectivity index is 3.03. The van der Waals surface area contributed by atoms with Gasteiger partial charge < -0.3 is 11.1 Å². The quantitative estimate of drug-likeness (QED) is 0.802. The van der Waals surface area contributed by atoms with Gasteiger partial charge in [-0.15, -0.1) is 0 Å². The number of hydrogen-bond donors (Lipinski definition) is 2. The van der Waals surface area contributed by atoms with E-state index in [2.05, 4.69) is 21.2 Å². The van der Waals surface area contributed by atoms with Crippen LogP contribution >= 0.6 is 28.1 Å². The molecule has 110 valence electrons. The molecular weight excluding hydrogens is 357 g/mol. The van der Waals surface area contributed by atoms with E-state index in [1.807, 2.05) is 0 Å². The molecule has 0 saturated heterocycles. The molecule has 1 aromatic carbocycles. The number of benzene rings is 1. The summed E-state index contributed by atoms with van der Waals surface area (Å²) in [6, 6.07) is 2.71. The van der Waals surface area contributed by atoms with Crippen LogP contribution in [-0.2, 0) is 6.18 Å². The third-order valence-electron chi connectivity index (χ3n) is 2.59. The highest BCUT2D eigenvalue weighted by Crippen LogP contribution is 2.35. The zero-order valence-corrected chi connectivity index (χ0v) is 12.8. The standard InChI is InChI=1S/C12H12BrF3N2OS/c1-2-9(10(17)20)18-11(19)6-3-4-8(13)7(5-6)12(14,15)16/h3-5,9H,2H2,1H3,(H2,17,20)(H,18,19). The van der Waals surface area contributed by atoms with Gasteiger partial charge in [-0.2, -0.15) is 13.2 Å². The van der Waals surface area contributed by atoms with Crippen molar-refractivity contribution in [3.63, 3.8) is 0 Å². The van der Waals surface area contributed by atoms with Gasteiger partial charge in [-0.1, -0.05) is 35.1 Å². The smallest absolute Gasteiger partial charge is 0.392 e. The first-order chi connectivity index (χ1) is 9.16. The molecule has 1 unspecified atom stereocenters. The first-order valence-electron chi connectivity index (χ1n) is 5.63. The molecule has 1 rings (SSSR count). The molecule has 0 aliphatic carbocycles. The number of rotatable bonds is 4. The third kappa shape index (κ3) is 4.17. The molecule has 0 fully saturated rings. The fraction of sp³-hybridized carbons (Fsp3) is 0.333. The highest BCUT2D eigenvalue weighted by molar-refractivity contribution is 9.10. The molecule has 0 aliphatic heterocycles. The molecule has 20 heavy (non-hydrogen) atoms. The Kier molecular flexibility index (Phi) is 5.52. The molecule has 3 N–H and O–H groups in total. The van der Waals surface area contributed by atoms with Crippen molar-refractivity contribution in [2.24, 2.45) is 5.73 Å². The Morgan fingerprint density at radius 1 is 1.50 bits per heavy atom. The molecule has 0 heterocycles. The second-order valence-electron chi connectivity index (χ2n) is 4.03. The number of thiocarbonyl (C=S) groups is 1. The summed E-state index contributed by atoms with van der Waals surface area (Å²) in [6.07, 6.45) is -4.08. The maximum absolute atomic E-state index is 12.7. The Morgan fingerprint density at radius 3 is 2.55 bits per heavy atom. The first-order valence-corrected chi connectivity index (χ1v) is 6.83. The summed E-state index contributed by atoms with van der Waals surface area (Å²) in [5, 5.41) is 2.49. The van der Waals surface area contributed by atoms with Gasteiger partial charge in [-0.3, -0.25) is 4.79 Å². The average molecular weight is 369 g/mol. The van der Waals surface area contributed by atoms with Gasteiger partial charge >= 0.3 is 6.18 Å². The van der Waals surface area contributed by atoms with Crippen LogP contribution in [0.15, 0.2) is 22.7 Å². The third-order valence-corrected chi connectivity index (χ3v) is 3.57. The van der Waals surface area contributed by atoms with Crippen LogP contribution in [0.25, 0.3) is 0 Å². The Bertz CT molecular complexity index is 534. The SMILES string of the molecule is CCC(NC(=O)c1ccc(Br)c(C(F)(F)F)c1)C(N)=S. The Morgan fingerprint density at radius 2 is 2.10 bits per heavy atom. The molecule has 3 nitrogen and oxygen atoms in total. The minimum Gasteiger partial charge on any atom is -0.392 e. The summed E-state index contributed by atoms with van der Waals surface area (Å²) < 4.78 is 38.1. The highest BCUT2D eigenvalue weighted by atomic mass is 79.9. The lowest BCUT2D eigenvalue weighted by Gasteiger charge is -2.16. The monoisotopic (exact) mass is 368 g/mol. The summed E-state index contributed by atoms with van der Waals surface area (Å²) in [4.78, 5) is 12.0. The highest BCUT2D eigenvalue weighted by Gasteiger charge is 2.33. The minimum absolute atomic E-state index is 0.0917. The van der Waals surface area contributed by atoms with E-state index in [1.54, 1.807) is 6.92 Å². The molecule has 0 bridgehead atoms. The van der Waals surface area contributed by atoms with Crippen LogP contribution in [0.2, 0.25) is 0 Å². The molecular formula is C12H12BrF3N2OS. The molecule has 1 aromatic rings. The lowest BCUT2D eigenvalue weighted by Crippen LogP contribution is -2.43. The number of carbonyl (C=O) groups is 1. The van der Waals surface area contributed by atoms with Crippen LogP contribution in [0.1, 0.15) is 29.3 Å². The van der Waals surface area contributed by atoms with E-state index in [0.717, 1.165) is 6.07 Å². The van der Waals surface area contributed by atoms with E-state index in [4.69, 9.17) is 18.0 Å². The van der Waals surface area contributed by atoms with Crippen molar-refractivity contribution in [1.82, 2.24) is 5.32 Å². The molecule has 0 aromatic heterocycles. The van der Waals surface area contributed by atoms with Crippen LogP contribution < -0.4 is 11.1 Å². The molecule has 1 atom stereocenters. The second kappa shape index (κ2) is 6.53. The van der Waals surface area contributed by atoms with Crippen molar-refractivity contribution >= 4 is 39.0 Å². The summed E-state index contributed by atoms with van der Waals surface area (Å²) in [5.41, 5.74) is 4.42. The molecule has 8 heteroatoms. The average Bonchev–Trinajstić information content (AvgIpc) is 2.34. The van der Waals surface area contributed by atoms with Crippen LogP contribution in [0.3, 0.4) is 0 Å². The van der Waals surface area contributed by atoms with Gasteiger partial charge in [0.1, 0.15) is 0 Å². The zero-order valence-electron chi connectivity index (χ0n) is 10.4. The molecule has 0 aliphatic rings. The van der Waals surface area contributed by atoms with Crippen molar-refractivity contribution in [3.05, 3.63) is 33.8 Å². The maximum atomic E-state index is 12.7. The van der Waals surface area contributed by atoms with Crippen LogP contribution in [0.5, 0.6) is 0 Å². The van der Waals surface area contributed by atoms with Gasteiger partial charge in [0.2, 0.25) is 0 Å². The van der Waals surface area contributed by atoms with Gasteiger partial charge in [0.15, 0.2) is 0 Å². The van der Waals surface area contributed by atoms with Crippen molar-refractivity contribution in [2.75, 3.05) is 0 Å². The Hall–Kier alpha value is -1.15. The van der Waals surface area contributed by atoms with E-state index in [1.165, 1.54) is 12.1 Å². The molecule has 0 radical (unpaired) electrons. The van der Waals surface area contributed by atoms with E-state index in [9.17, 15) is 18.0 Å². The van der Waals surface area contributed by atoms with E-state index >= 15 is 0 Å². The number of nitrogens with two attached hydrogens (primary N) is 1. The predicted molar refractivity (Wildman–Crippen MR) is 77.5 cm³/mol. The van der Waals surface area contributed by atoms with Crippen molar-refractivity contribution in [3.8, 4) is 0 Å². The summed E-state index contributed by atoms with van der Waals surface area (Å²) >= 11 is 7.58. The number of hydrogen-bond acceptors (Lipinski definition) is 2. The van der Waals surface area contributed by atoms with Crippen molar-refractivity contribution in [1.29, 1.82) is 0 Å². The van der Waals surface area contributed by atoms with Gasteiger partial charge in [-0.05, 0) is 24.6 Å². The van der Waals surface area contributed by atoms with Crippen LogP contribution in [-0.4, -0.2) is 16.9 Å². The first kappa shape index (κ1) is 16.9. The second-order valence-corrected chi connectivity index (χ2v) is 5.35. The topological polar surface area (TPSA) is 55.1 Å². The van der Waals surface area contributed by atoms with Gasteiger partial charge in [0, 0.05) is 10.0 Å². The van der Waals surface area contributed by atoms with E-state index < -0.39 is 23.7 Å². The van der Waals surface area contributed by atoms with Crippen LogP contribution in [0.4, 0.5) is 13.2 Å². The lowest BCUT2D eigenvalue weighted by atomic mass is 10.1. The van der Waals surface area contributed by atoms with Gasteiger partial charge in [0.25, 0.3) is 5.91 Å². The van der Waals surface area contributed by atoms with E-state index in [-0.39, 0.29) is 15.0 Å². The van der Waals surface area contributed by atoms with E-state index in [0.29, 0.717) is 6.42 Å². The summed E-state index contributed by atoms with van der Waals surface area (Å²) in [7, 11) is 0. The number of carbonyl (C=O) groups excluding carboxylic acids is 1. The number of amides is 1. The molecule has 1 amide bonds. The normalized spacial score (nSPS) is 12.8. The lowest BCUT2D eigenvalue weighted by molar-refractivity contribution is -0.138. The van der Waals surface area contributed by atoms with Gasteiger partial charge in [0.05, 0.1) is 16.6 Å². The largest absolute Gasteiger partial charge is 0.417 e. The number of alkyl halides is 3. The maximum Gasteiger partial charge on any atom is 0.417 e. The Labute approximate surface area is 127 Å². The van der Waals surface area contributed by atoms with Crippen molar-refractivity contribution < 1.29 is 18.0 Å². The fourth-order valence-corrected chi connectivity index (χ4v) is 2.20. The van der Waals surface area contributed by atoms with Gasteiger partial charge in [-0.25, -0.2) is 0 Å². The predicted octanol–water partition coefficient (Wildman–Crippen LogP) is 3.26. The number of nitrogens with one attached hydrogen (secondary N) is 1. The van der Waals surface area contributed by atoms with Crippen LogP contribution in [0, 0.1) is 0 Å². The summed E-state index contributed by atoms with van der Waals surface area (Å²) in [5.74, 6) is -0.650. The molecule has 0 spiro atoms.